The zero-order chi connectivity index (χ0) is 12.7. The summed E-state index contributed by atoms with van der Waals surface area (Å²) in [6.07, 6.45) is 0. The van der Waals surface area contributed by atoms with Gasteiger partial charge in [0.05, 0.1) is 11.0 Å². The van der Waals surface area contributed by atoms with Gasteiger partial charge in [-0.3, -0.25) is 0 Å². The zero-order valence-electron chi connectivity index (χ0n) is 10.7. The molecule has 0 bridgehead atoms. The third-order valence-corrected chi connectivity index (χ3v) is 3.70. The van der Waals surface area contributed by atoms with Crippen molar-refractivity contribution >= 4 is 11.0 Å². The molecule has 2 heterocycles. The Morgan fingerprint density at radius 1 is 1.22 bits per heavy atom. The molecule has 0 spiro atoms. The van der Waals surface area contributed by atoms with Crippen LogP contribution in [0.25, 0.3) is 11.0 Å². The number of nitrogens with zero attached hydrogens (tertiary/aromatic N) is 1. The number of hydrogen-bond donors (Lipinski definition) is 3. The minimum atomic E-state index is -0.145. The molecule has 1 unspecified atom stereocenters. The first-order valence-electron chi connectivity index (χ1n) is 6.24. The van der Waals surface area contributed by atoms with Crippen molar-refractivity contribution in [3.8, 4) is 0 Å². The summed E-state index contributed by atoms with van der Waals surface area (Å²) in [7, 11) is 4.21. The topological polar surface area (TPSA) is 63.9 Å². The molecule has 5 heteroatoms. The van der Waals surface area contributed by atoms with Crippen LogP contribution >= 0.6 is 0 Å². The quantitative estimate of drug-likeness (QED) is 0.746. The summed E-state index contributed by atoms with van der Waals surface area (Å²) >= 11 is 0. The van der Waals surface area contributed by atoms with E-state index in [0.717, 1.165) is 24.1 Å². The number of imidazole rings is 1. The molecule has 5 nitrogen and oxygen atoms in total. The minimum absolute atomic E-state index is 0.145. The van der Waals surface area contributed by atoms with Crippen LogP contribution in [0.3, 0.4) is 0 Å². The van der Waals surface area contributed by atoms with Gasteiger partial charge in [-0.1, -0.05) is 6.07 Å². The van der Waals surface area contributed by atoms with Gasteiger partial charge in [0.15, 0.2) is 0 Å². The van der Waals surface area contributed by atoms with Crippen LogP contribution in [-0.2, 0) is 0 Å². The predicted molar refractivity (Wildman–Crippen MR) is 71.7 cm³/mol. The standard InChI is InChI=1S/C13H18N4O/c1-17(2)12(9-6-14-7-9)8-3-4-10-11(5-8)16-13(18)15-10/h3-5,9,12,14H,6-7H2,1-2H3,(H2,15,16,18). The van der Waals surface area contributed by atoms with Gasteiger partial charge in [0.2, 0.25) is 0 Å². The fourth-order valence-corrected chi connectivity index (χ4v) is 2.76. The molecule has 1 aliphatic rings. The van der Waals surface area contributed by atoms with E-state index in [9.17, 15) is 4.79 Å². The highest BCUT2D eigenvalue weighted by Crippen LogP contribution is 2.30. The summed E-state index contributed by atoms with van der Waals surface area (Å²) in [5, 5.41) is 3.32. The molecule has 0 radical (unpaired) electrons. The van der Waals surface area contributed by atoms with Crippen molar-refractivity contribution in [1.29, 1.82) is 0 Å². The number of rotatable bonds is 3. The molecule has 2 aromatic rings. The molecule has 3 N–H and O–H groups in total. The summed E-state index contributed by atoms with van der Waals surface area (Å²) in [6.45, 7) is 2.12. The van der Waals surface area contributed by atoms with Gasteiger partial charge < -0.3 is 20.2 Å². The Hall–Kier alpha value is -1.59. The molecule has 0 amide bonds. The average Bonchev–Trinajstić information content (AvgIpc) is 2.61. The van der Waals surface area contributed by atoms with Gasteiger partial charge in [0.25, 0.3) is 0 Å². The van der Waals surface area contributed by atoms with Crippen molar-refractivity contribution in [2.75, 3.05) is 27.2 Å². The Bertz CT molecular complexity index is 609. The highest BCUT2D eigenvalue weighted by Gasteiger charge is 2.29. The molecule has 1 aliphatic heterocycles. The maximum absolute atomic E-state index is 11.3. The van der Waals surface area contributed by atoms with Gasteiger partial charge in [-0.05, 0) is 31.8 Å². The van der Waals surface area contributed by atoms with Crippen LogP contribution in [0.4, 0.5) is 0 Å². The largest absolute Gasteiger partial charge is 0.323 e. The monoisotopic (exact) mass is 246 g/mol. The number of benzene rings is 1. The Morgan fingerprint density at radius 3 is 2.56 bits per heavy atom. The van der Waals surface area contributed by atoms with E-state index in [4.69, 9.17) is 0 Å². The van der Waals surface area contributed by atoms with Crippen LogP contribution in [-0.4, -0.2) is 42.1 Å². The molecule has 0 aliphatic carbocycles. The Kier molecular flexibility index (Phi) is 2.72. The Morgan fingerprint density at radius 2 is 1.94 bits per heavy atom. The minimum Gasteiger partial charge on any atom is -0.316 e. The van der Waals surface area contributed by atoms with Crippen LogP contribution < -0.4 is 11.0 Å². The number of hydrogen-bond acceptors (Lipinski definition) is 3. The smallest absolute Gasteiger partial charge is 0.316 e. The van der Waals surface area contributed by atoms with Crippen molar-refractivity contribution in [3.63, 3.8) is 0 Å². The number of fused-ring (bicyclic) bond motifs is 1. The number of H-pyrrole nitrogens is 2. The maximum atomic E-state index is 11.3. The molecular formula is C13H18N4O. The third kappa shape index (κ3) is 1.85. The van der Waals surface area contributed by atoms with E-state index in [2.05, 4.69) is 46.4 Å². The lowest BCUT2D eigenvalue weighted by Gasteiger charge is -2.38. The molecule has 1 fully saturated rings. The summed E-state index contributed by atoms with van der Waals surface area (Å²) in [4.78, 5) is 19.1. The molecule has 1 aromatic heterocycles. The Labute approximate surface area is 105 Å². The normalized spacial score (nSPS) is 18.2. The van der Waals surface area contributed by atoms with E-state index in [-0.39, 0.29) is 5.69 Å². The number of aromatic amines is 2. The second kappa shape index (κ2) is 4.26. The SMILES string of the molecule is CN(C)C(c1ccc2[nH]c(=O)[nH]c2c1)C1CNC1. The third-order valence-electron chi connectivity index (χ3n) is 3.70. The van der Waals surface area contributed by atoms with Crippen molar-refractivity contribution < 1.29 is 0 Å². The molecule has 3 rings (SSSR count). The first-order chi connectivity index (χ1) is 8.65. The van der Waals surface area contributed by atoms with E-state index in [1.165, 1.54) is 5.56 Å². The van der Waals surface area contributed by atoms with E-state index in [1.807, 2.05) is 6.07 Å². The highest BCUT2D eigenvalue weighted by molar-refractivity contribution is 5.75. The second-order valence-corrected chi connectivity index (χ2v) is 5.21. The molecule has 1 saturated heterocycles. The predicted octanol–water partition coefficient (Wildman–Crippen LogP) is 0.678. The Balaban J connectivity index is 2.02. The van der Waals surface area contributed by atoms with Gasteiger partial charge in [-0.15, -0.1) is 0 Å². The van der Waals surface area contributed by atoms with Crippen LogP contribution in [0.15, 0.2) is 23.0 Å². The van der Waals surface area contributed by atoms with Gasteiger partial charge in [0.1, 0.15) is 0 Å². The fourth-order valence-electron chi connectivity index (χ4n) is 2.76. The van der Waals surface area contributed by atoms with Gasteiger partial charge >= 0.3 is 5.69 Å². The van der Waals surface area contributed by atoms with Crippen LogP contribution in [0.5, 0.6) is 0 Å². The van der Waals surface area contributed by atoms with Gasteiger partial charge in [-0.25, -0.2) is 4.79 Å². The van der Waals surface area contributed by atoms with E-state index >= 15 is 0 Å². The maximum Gasteiger partial charge on any atom is 0.323 e. The zero-order valence-corrected chi connectivity index (χ0v) is 10.7. The second-order valence-electron chi connectivity index (χ2n) is 5.21. The van der Waals surface area contributed by atoms with Gasteiger partial charge in [0, 0.05) is 25.0 Å². The highest BCUT2D eigenvalue weighted by atomic mass is 16.1. The lowest BCUT2D eigenvalue weighted by molar-refractivity contribution is 0.161. The number of aromatic nitrogens is 2. The average molecular weight is 246 g/mol. The lowest BCUT2D eigenvalue weighted by atomic mass is 9.87. The van der Waals surface area contributed by atoms with Crippen LogP contribution in [0.1, 0.15) is 11.6 Å². The fraction of sp³-hybridized carbons (Fsp3) is 0.462. The first-order valence-corrected chi connectivity index (χ1v) is 6.24. The molecular weight excluding hydrogens is 228 g/mol. The van der Waals surface area contributed by atoms with E-state index in [1.54, 1.807) is 0 Å². The van der Waals surface area contributed by atoms with Gasteiger partial charge in [-0.2, -0.15) is 0 Å². The van der Waals surface area contributed by atoms with E-state index in [0.29, 0.717) is 12.0 Å². The van der Waals surface area contributed by atoms with E-state index < -0.39 is 0 Å². The molecule has 96 valence electrons. The molecule has 1 aromatic carbocycles. The summed E-state index contributed by atoms with van der Waals surface area (Å²) < 4.78 is 0. The van der Waals surface area contributed by atoms with Crippen molar-refractivity contribution in [2.24, 2.45) is 5.92 Å². The summed E-state index contributed by atoms with van der Waals surface area (Å²) in [5.41, 5.74) is 2.87. The summed E-state index contributed by atoms with van der Waals surface area (Å²) in [5.74, 6) is 0.642. The van der Waals surface area contributed by atoms with Crippen LogP contribution in [0.2, 0.25) is 0 Å². The first kappa shape index (κ1) is 11.5. The molecule has 1 atom stereocenters. The van der Waals surface area contributed by atoms with Crippen molar-refractivity contribution in [3.05, 3.63) is 34.2 Å². The number of nitrogens with one attached hydrogen (secondary N) is 3. The lowest BCUT2D eigenvalue weighted by Crippen LogP contribution is -2.48. The van der Waals surface area contributed by atoms with Crippen molar-refractivity contribution in [2.45, 2.75) is 6.04 Å². The van der Waals surface area contributed by atoms with Crippen LogP contribution in [0, 0.1) is 5.92 Å². The molecule has 18 heavy (non-hydrogen) atoms. The summed E-state index contributed by atoms with van der Waals surface area (Å²) in [6, 6.07) is 6.56. The molecule has 0 saturated carbocycles. The van der Waals surface area contributed by atoms with Crippen molar-refractivity contribution in [1.82, 2.24) is 20.2 Å².